The molecule has 0 aliphatic carbocycles. The maximum Gasteiger partial charge on any atom is 0.350 e. The molecule has 3 nitrogen and oxygen atoms in total. The summed E-state index contributed by atoms with van der Waals surface area (Å²) in [6, 6.07) is 3.63. The van der Waals surface area contributed by atoms with Gasteiger partial charge in [0.1, 0.15) is 4.88 Å². The lowest BCUT2D eigenvalue weighted by atomic mass is 9.98. The Morgan fingerprint density at radius 3 is 2.48 bits per heavy atom. The Labute approximate surface area is 125 Å². The van der Waals surface area contributed by atoms with E-state index >= 15 is 0 Å². The number of hydrogen-bond acceptors (Lipinski definition) is 4. The Morgan fingerprint density at radius 2 is 1.95 bits per heavy atom. The zero-order chi connectivity index (χ0) is 15.7. The first-order valence-electron chi connectivity index (χ1n) is 6.32. The summed E-state index contributed by atoms with van der Waals surface area (Å²) in [4.78, 5) is 12.7. The molecule has 1 aromatic carbocycles. The van der Waals surface area contributed by atoms with Gasteiger partial charge >= 0.3 is 5.97 Å². The summed E-state index contributed by atoms with van der Waals surface area (Å²) in [6.45, 7) is 3.84. The first-order chi connectivity index (χ1) is 9.86. The Kier molecular flexibility index (Phi) is 4.27. The van der Waals surface area contributed by atoms with Crippen LogP contribution in [-0.4, -0.2) is 13.1 Å². The average molecular weight is 311 g/mol. The first-order valence-corrected chi connectivity index (χ1v) is 7.14. The second kappa shape index (κ2) is 5.81. The molecule has 21 heavy (non-hydrogen) atoms. The van der Waals surface area contributed by atoms with Crippen molar-refractivity contribution in [2.24, 2.45) is 0 Å². The normalized spacial score (nSPS) is 11.0. The summed E-state index contributed by atoms with van der Waals surface area (Å²) in [5.74, 6) is -2.35. The molecule has 0 saturated heterocycles. The molecular weight excluding hydrogens is 296 g/mol. The molecular formula is C15H15F2NO2S. The van der Waals surface area contributed by atoms with E-state index in [0.29, 0.717) is 16.1 Å². The Morgan fingerprint density at radius 1 is 1.29 bits per heavy atom. The van der Waals surface area contributed by atoms with E-state index in [-0.39, 0.29) is 10.8 Å². The van der Waals surface area contributed by atoms with Gasteiger partial charge in [0.15, 0.2) is 11.6 Å². The fourth-order valence-electron chi connectivity index (χ4n) is 2.13. The molecule has 0 amide bonds. The number of hydrogen-bond donors (Lipinski definition) is 1. The molecule has 0 spiro atoms. The van der Waals surface area contributed by atoms with Crippen LogP contribution < -0.4 is 5.73 Å². The number of nitrogens with two attached hydrogens (primary N) is 1. The highest BCUT2D eigenvalue weighted by atomic mass is 32.1. The Bertz CT molecular complexity index is 695. The SMILES string of the molecule is COC(=O)c1sc(-c2ccc(F)c(F)c2)c(C(C)C)c1N. The van der Waals surface area contributed by atoms with E-state index in [9.17, 15) is 13.6 Å². The van der Waals surface area contributed by atoms with Gasteiger partial charge in [0.05, 0.1) is 12.8 Å². The lowest BCUT2D eigenvalue weighted by Gasteiger charge is -2.09. The van der Waals surface area contributed by atoms with Crippen molar-refractivity contribution < 1.29 is 18.3 Å². The smallest absolute Gasteiger partial charge is 0.350 e. The van der Waals surface area contributed by atoms with E-state index in [0.717, 1.165) is 29.0 Å². The molecule has 2 aromatic rings. The number of benzene rings is 1. The molecule has 0 aliphatic heterocycles. The summed E-state index contributed by atoms with van der Waals surface area (Å²) in [7, 11) is 1.27. The Balaban J connectivity index is 2.67. The fraction of sp³-hybridized carbons (Fsp3) is 0.267. The van der Waals surface area contributed by atoms with Gasteiger partial charge in [0, 0.05) is 4.88 Å². The molecule has 0 bridgehead atoms. The molecule has 1 aromatic heterocycles. The Hall–Kier alpha value is -1.95. The van der Waals surface area contributed by atoms with Crippen molar-refractivity contribution in [1.29, 1.82) is 0 Å². The standard InChI is InChI=1S/C15H15F2NO2S/c1-7(2)11-12(18)14(15(19)20-3)21-13(11)8-4-5-9(16)10(17)6-8/h4-7H,18H2,1-3H3. The maximum absolute atomic E-state index is 13.4. The minimum absolute atomic E-state index is 0.0303. The number of methoxy groups -OCH3 is 1. The summed E-state index contributed by atoms with van der Waals surface area (Å²) in [5.41, 5.74) is 7.60. The van der Waals surface area contributed by atoms with Crippen LogP contribution in [0.2, 0.25) is 0 Å². The fourth-order valence-corrected chi connectivity index (χ4v) is 3.42. The van der Waals surface area contributed by atoms with Crippen LogP contribution in [0.3, 0.4) is 0 Å². The molecule has 0 radical (unpaired) electrons. The van der Waals surface area contributed by atoms with Crippen molar-refractivity contribution in [3.05, 3.63) is 40.3 Å². The summed E-state index contributed by atoms with van der Waals surface area (Å²) in [6.07, 6.45) is 0. The van der Waals surface area contributed by atoms with Gasteiger partial charge in [-0.1, -0.05) is 19.9 Å². The third-order valence-electron chi connectivity index (χ3n) is 3.11. The molecule has 2 rings (SSSR count). The molecule has 0 atom stereocenters. The number of carbonyl (C=O) groups is 1. The zero-order valence-corrected chi connectivity index (χ0v) is 12.7. The topological polar surface area (TPSA) is 52.3 Å². The number of rotatable bonds is 3. The molecule has 2 N–H and O–H groups in total. The number of anilines is 1. The number of nitrogen functional groups attached to an aromatic ring is 1. The summed E-state index contributed by atoms with van der Waals surface area (Å²) >= 11 is 1.13. The van der Waals surface area contributed by atoms with Crippen molar-refractivity contribution in [3.8, 4) is 10.4 Å². The van der Waals surface area contributed by atoms with Gasteiger partial charge in [-0.25, -0.2) is 13.6 Å². The third kappa shape index (κ3) is 2.76. The highest BCUT2D eigenvalue weighted by molar-refractivity contribution is 7.18. The van der Waals surface area contributed by atoms with Crippen LogP contribution >= 0.6 is 11.3 Å². The van der Waals surface area contributed by atoms with Crippen molar-refractivity contribution >= 4 is 23.0 Å². The predicted octanol–water partition coefficient (Wildman–Crippen LogP) is 4.19. The van der Waals surface area contributed by atoms with Gasteiger partial charge in [-0.15, -0.1) is 11.3 Å². The highest BCUT2D eigenvalue weighted by Crippen LogP contribution is 2.43. The van der Waals surface area contributed by atoms with Crippen LogP contribution in [0.25, 0.3) is 10.4 Å². The van der Waals surface area contributed by atoms with Crippen LogP contribution in [0.4, 0.5) is 14.5 Å². The zero-order valence-electron chi connectivity index (χ0n) is 11.9. The number of ether oxygens (including phenoxy) is 1. The van der Waals surface area contributed by atoms with Crippen LogP contribution in [0.1, 0.15) is 35.0 Å². The monoisotopic (exact) mass is 311 g/mol. The van der Waals surface area contributed by atoms with Crippen molar-refractivity contribution in [2.75, 3.05) is 12.8 Å². The van der Waals surface area contributed by atoms with Crippen molar-refractivity contribution in [1.82, 2.24) is 0 Å². The predicted molar refractivity (Wildman–Crippen MR) is 79.5 cm³/mol. The molecule has 1 heterocycles. The minimum atomic E-state index is -0.936. The van der Waals surface area contributed by atoms with Crippen molar-refractivity contribution in [2.45, 2.75) is 19.8 Å². The number of esters is 1. The van der Waals surface area contributed by atoms with Gasteiger partial charge in [-0.05, 0) is 29.2 Å². The molecule has 0 unspecified atom stereocenters. The van der Waals surface area contributed by atoms with Crippen LogP contribution in [-0.2, 0) is 4.74 Å². The first kappa shape index (κ1) is 15.4. The lowest BCUT2D eigenvalue weighted by Crippen LogP contribution is -2.03. The largest absolute Gasteiger partial charge is 0.465 e. The maximum atomic E-state index is 13.4. The third-order valence-corrected chi connectivity index (χ3v) is 4.36. The van der Waals surface area contributed by atoms with E-state index < -0.39 is 17.6 Å². The molecule has 0 aliphatic rings. The van der Waals surface area contributed by atoms with Crippen molar-refractivity contribution in [3.63, 3.8) is 0 Å². The highest BCUT2D eigenvalue weighted by Gasteiger charge is 2.24. The minimum Gasteiger partial charge on any atom is -0.465 e. The number of carbonyl (C=O) groups excluding carboxylic acids is 1. The molecule has 0 fully saturated rings. The quantitative estimate of drug-likeness (QED) is 0.865. The number of halogens is 2. The van der Waals surface area contributed by atoms with Crippen LogP contribution in [0.15, 0.2) is 18.2 Å². The summed E-state index contributed by atoms with van der Waals surface area (Å²) < 4.78 is 31.2. The van der Waals surface area contributed by atoms with E-state index in [1.165, 1.54) is 13.2 Å². The van der Waals surface area contributed by atoms with Gasteiger partial charge in [-0.2, -0.15) is 0 Å². The van der Waals surface area contributed by atoms with E-state index in [1.54, 1.807) is 0 Å². The van der Waals surface area contributed by atoms with Gasteiger partial charge in [0.2, 0.25) is 0 Å². The van der Waals surface area contributed by atoms with Gasteiger partial charge in [0.25, 0.3) is 0 Å². The molecule has 6 heteroatoms. The van der Waals surface area contributed by atoms with E-state index in [1.807, 2.05) is 13.8 Å². The van der Waals surface area contributed by atoms with Gasteiger partial charge in [-0.3, -0.25) is 0 Å². The number of thiophene rings is 1. The van der Waals surface area contributed by atoms with E-state index in [4.69, 9.17) is 10.5 Å². The molecule has 0 saturated carbocycles. The lowest BCUT2D eigenvalue weighted by molar-refractivity contribution is 0.0607. The second-order valence-corrected chi connectivity index (χ2v) is 5.88. The van der Waals surface area contributed by atoms with Gasteiger partial charge < -0.3 is 10.5 Å². The second-order valence-electron chi connectivity index (χ2n) is 4.86. The van der Waals surface area contributed by atoms with Crippen LogP contribution in [0.5, 0.6) is 0 Å². The summed E-state index contributed by atoms with van der Waals surface area (Å²) in [5, 5.41) is 0. The van der Waals surface area contributed by atoms with E-state index in [2.05, 4.69) is 0 Å². The average Bonchev–Trinajstić information content (AvgIpc) is 2.78. The molecule has 112 valence electrons. The van der Waals surface area contributed by atoms with Crippen LogP contribution in [0, 0.1) is 11.6 Å².